The summed E-state index contributed by atoms with van der Waals surface area (Å²) in [5, 5.41) is 0. The Morgan fingerprint density at radius 3 is 2.26 bits per heavy atom. The van der Waals surface area contributed by atoms with Crippen LogP contribution in [0.3, 0.4) is 0 Å². The first-order valence-electron chi connectivity index (χ1n) is 7.96. The lowest BCUT2D eigenvalue weighted by Crippen LogP contribution is -2.69. The van der Waals surface area contributed by atoms with Crippen molar-refractivity contribution >= 4 is 35.4 Å². The number of rotatable bonds is 0. The van der Waals surface area contributed by atoms with Crippen molar-refractivity contribution in [2.45, 2.75) is 69.6 Å². The molecular formula is C16H25NO4S2. The van der Waals surface area contributed by atoms with E-state index >= 15 is 0 Å². The molecule has 5 nitrogen and oxygen atoms in total. The van der Waals surface area contributed by atoms with Gasteiger partial charge >= 0.3 is 6.09 Å². The van der Waals surface area contributed by atoms with Crippen molar-refractivity contribution in [3.63, 3.8) is 0 Å². The van der Waals surface area contributed by atoms with Crippen LogP contribution in [0.2, 0.25) is 0 Å². The van der Waals surface area contributed by atoms with E-state index in [1.807, 2.05) is 41.5 Å². The molecule has 0 aromatic carbocycles. The van der Waals surface area contributed by atoms with Crippen molar-refractivity contribution in [2.24, 2.45) is 5.41 Å². The van der Waals surface area contributed by atoms with E-state index in [0.29, 0.717) is 0 Å². The largest absolute Gasteiger partial charge is 0.444 e. The summed E-state index contributed by atoms with van der Waals surface area (Å²) in [6.45, 7) is 11.6. The SMILES string of the molecule is CC(C)(C)OC(=O)N1[C@@H]2C(=O)C3(SCCS3)[C@@H]2O[C@H]1C(C)(C)C. The average Bonchev–Trinajstić information content (AvgIpc) is 3.00. The minimum absolute atomic E-state index is 0.104. The van der Waals surface area contributed by atoms with Crippen LogP contribution in [-0.2, 0) is 14.3 Å². The third-order valence-electron chi connectivity index (χ3n) is 4.16. The van der Waals surface area contributed by atoms with Gasteiger partial charge in [0.25, 0.3) is 0 Å². The molecule has 0 bridgehead atoms. The van der Waals surface area contributed by atoms with Crippen molar-refractivity contribution in [1.82, 2.24) is 4.90 Å². The summed E-state index contributed by atoms with van der Waals surface area (Å²) in [4.78, 5) is 27.1. The third-order valence-corrected chi connectivity index (χ3v) is 7.67. The number of thioether (sulfide) groups is 2. The summed E-state index contributed by atoms with van der Waals surface area (Å²) in [5.74, 6) is 2.01. The maximum atomic E-state index is 12.8. The standard InChI is InChI=1S/C16H25NO4S2/c1-14(2,3)12-17(13(19)21-15(4,5)6)9-10(18)16(11(9)20-12)22-7-8-23-16/h9,11-12H,7-8H2,1-6H3/t9-,11-,12+/m1/s1. The minimum Gasteiger partial charge on any atom is -0.444 e. The van der Waals surface area contributed by atoms with Gasteiger partial charge in [-0.2, -0.15) is 0 Å². The number of Topliss-reactive ketones (excluding diaryl/α,β-unsaturated/α-hetero) is 1. The van der Waals surface area contributed by atoms with Crippen molar-refractivity contribution in [3.05, 3.63) is 0 Å². The van der Waals surface area contributed by atoms with Gasteiger partial charge in [-0.15, -0.1) is 23.5 Å². The van der Waals surface area contributed by atoms with Gasteiger partial charge in [0.05, 0.1) is 0 Å². The second-order valence-corrected chi connectivity index (χ2v) is 11.3. The summed E-state index contributed by atoms with van der Waals surface area (Å²) in [5.41, 5.74) is -0.886. The summed E-state index contributed by atoms with van der Waals surface area (Å²) < 4.78 is 11.3. The van der Waals surface area contributed by atoms with E-state index in [0.717, 1.165) is 11.5 Å². The Balaban J connectivity index is 1.90. The van der Waals surface area contributed by atoms with Crippen LogP contribution in [0.25, 0.3) is 0 Å². The number of carbonyl (C=O) groups excluding carboxylic acids is 2. The summed E-state index contributed by atoms with van der Waals surface area (Å²) in [7, 11) is 0. The fourth-order valence-electron chi connectivity index (χ4n) is 3.26. The van der Waals surface area contributed by atoms with Gasteiger partial charge in [-0.05, 0) is 20.8 Å². The number of fused-ring (bicyclic) bond motifs is 2. The first-order valence-corrected chi connectivity index (χ1v) is 9.93. The lowest BCUT2D eigenvalue weighted by Gasteiger charge is -2.46. The van der Waals surface area contributed by atoms with E-state index in [1.165, 1.54) is 0 Å². The van der Waals surface area contributed by atoms with E-state index in [-0.39, 0.29) is 17.3 Å². The van der Waals surface area contributed by atoms with Gasteiger partial charge in [-0.25, -0.2) is 4.79 Å². The summed E-state index contributed by atoms with van der Waals surface area (Å²) in [6.07, 6.45) is -1.14. The zero-order valence-electron chi connectivity index (χ0n) is 14.5. The molecular weight excluding hydrogens is 334 g/mol. The Labute approximate surface area is 146 Å². The number of carbonyl (C=O) groups is 2. The van der Waals surface area contributed by atoms with Crippen molar-refractivity contribution in [2.75, 3.05) is 11.5 Å². The van der Waals surface area contributed by atoms with Crippen LogP contribution in [0.5, 0.6) is 0 Å². The van der Waals surface area contributed by atoms with Gasteiger partial charge in [0.2, 0.25) is 0 Å². The molecule has 1 spiro atoms. The number of ether oxygens (including phenoxy) is 2. The quantitative estimate of drug-likeness (QED) is 0.662. The zero-order valence-corrected chi connectivity index (χ0v) is 16.2. The molecule has 23 heavy (non-hydrogen) atoms. The molecule has 3 rings (SSSR count). The van der Waals surface area contributed by atoms with Crippen molar-refractivity contribution < 1.29 is 19.1 Å². The van der Waals surface area contributed by atoms with E-state index in [9.17, 15) is 9.59 Å². The van der Waals surface area contributed by atoms with Gasteiger partial charge in [0.1, 0.15) is 24.0 Å². The molecule has 1 aliphatic carbocycles. The van der Waals surface area contributed by atoms with Crippen LogP contribution < -0.4 is 0 Å². The highest BCUT2D eigenvalue weighted by Gasteiger charge is 2.73. The lowest BCUT2D eigenvalue weighted by molar-refractivity contribution is -0.134. The first-order chi connectivity index (χ1) is 10.5. The van der Waals surface area contributed by atoms with Gasteiger partial charge in [0, 0.05) is 16.9 Å². The molecule has 2 aliphatic heterocycles. The monoisotopic (exact) mass is 359 g/mol. The Bertz CT molecular complexity index is 531. The van der Waals surface area contributed by atoms with Crippen LogP contribution in [0.1, 0.15) is 41.5 Å². The Kier molecular flexibility index (Phi) is 4.01. The lowest BCUT2D eigenvalue weighted by atomic mass is 9.85. The van der Waals surface area contributed by atoms with Crippen LogP contribution >= 0.6 is 23.5 Å². The topological polar surface area (TPSA) is 55.8 Å². The number of hydrogen-bond acceptors (Lipinski definition) is 6. The van der Waals surface area contributed by atoms with Gasteiger partial charge in [0.15, 0.2) is 9.86 Å². The molecule has 1 saturated carbocycles. The highest BCUT2D eigenvalue weighted by atomic mass is 32.2. The van der Waals surface area contributed by atoms with Gasteiger partial charge < -0.3 is 9.47 Å². The van der Waals surface area contributed by atoms with E-state index in [4.69, 9.17) is 9.47 Å². The molecule has 0 unspecified atom stereocenters. The molecule has 3 aliphatic rings. The minimum atomic E-state index is -0.598. The fourth-order valence-corrected chi connectivity index (χ4v) is 6.59. The smallest absolute Gasteiger partial charge is 0.413 e. The number of hydrogen-bond donors (Lipinski definition) is 0. The molecule has 2 heterocycles. The maximum Gasteiger partial charge on any atom is 0.413 e. The molecule has 0 radical (unpaired) electrons. The molecule has 3 fully saturated rings. The predicted octanol–water partition coefficient (Wildman–Crippen LogP) is 3.12. The van der Waals surface area contributed by atoms with E-state index in [2.05, 4.69) is 0 Å². The Hall–Kier alpha value is -0.400. The van der Waals surface area contributed by atoms with Crippen molar-refractivity contribution in [1.29, 1.82) is 0 Å². The number of amides is 1. The molecule has 1 amide bonds. The third kappa shape index (κ3) is 2.68. The zero-order chi connectivity index (χ0) is 17.2. The second kappa shape index (κ2) is 5.30. The Morgan fingerprint density at radius 1 is 1.22 bits per heavy atom. The van der Waals surface area contributed by atoms with E-state index in [1.54, 1.807) is 28.4 Å². The average molecular weight is 360 g/mol. The van der Waals surface area contributed by atoms with Gasteiger partial charge in [-0.1, -0.05) is 20.8 Å². The van der Waals surface area contributed by atoms with E-state index < -0.39 is 28.0 Å². The molecule has 130 valence electrons. The Morgan fingerprint density at radius 2 is 1.78 bits per heavy atom. The normalized spacial score (nSPS) is 32.9. The first kappa shape index (κ1) is 17.4. The molecule has 7 heteroatoms. The summed E-state index contributed by atoms with van der Waals surface area (Å²) in [6, 6.07) is -0.507. The fraction of sp³-hybridized carbons (Fsp3) is 0.875. The molecule has 2 saturated heterocycles. The molecule has 0 N–H and O–H groups in total. The van der Waals surface area contributed by atoms with Crippen molar-refractivity contribution in [3.8, 4) is 0 Å². The van der Waals surface area contributed by atoms with Crippen LogP contribution in [0.15, 0.2) is 0 Å². The molecule has 0 aromatic rings. The van der Waals surface area contributed by atoms with Crippen LogP contribution in [0.4, 0.5) is 4.79 Å². The highest BCUT2D eigenvalue weighted by Crippen LogP contribution is 2.60. The predicted molar refractivity (Wildman–Crippen MR) is 92.6 cm³/mol. The molecule has 3 atom stereocenters. The number of nitrogens with zero attached hydrogens (tertiary/aromatic N) is 1. The summed E-state index contributed by atoms with van der Waals surface area (Å²) >= 11 is 3.33. The van der Waals surface area contributed by atoms with Crippen LogP contribution in [-0.4, -0.2) is 56.3 Å². The van der Waals surface area contributed by atoms with Crippen LogP contribution in [0, 0.1) is 5.41 Å². The molecule has 0 aromatic heterocycles. The maximum absolute atomic E-state index is 12.8. The highest BCUT2D eigenvalue weighted by molar-refractivity contribution is 8.22. The van der Waals surface area contributed by atoms with Gasteiger partial charge in [-0.3, -0.25) is 9.69 Å². The second-order valence-electron chi connectivity index (χ2n) is 8.34. The number of ketones is 1.